The van der Waals surface area contributed by atoms with Crippen LogP contribution in [0.4, 0.5) is 0 Å². The van der Waals surface area contributed by atoms with Crippen molar-refractivity contribution >= 4 is 12.0 Å². The lowest BCUT2D eigenvalue weighted by atomic mass is 10.0. The second-order valence-corrected chi connectivity index (χ2v) is 7.85. The average Bonchev–Trinajstić information content (AvgIpc) is 3.62. The van der Waals surface area contributed by atoms with Crippen LogP contribution in [0.15, 0.2) is 60.2 Å². The first-order chi connectivity index (χ1) is 14.7. The van der Waals surface area contributed by atoms with Gasteiger partial charge in [0, 0.05) is 0 Å². The van der Waals surface area contributed by atoms with Crippen LogP contribution >= 0.6 is 0 Å². The van der Waals surface area contributed by atoms with Gasteiger partial charge in [-0.25, -0.2) is 0 Å². The molecule has 4 nitrogen and oxygen atoms in total. The zero-order chi connectivity index (χ0) is 21.2. The van der Waals surface area contributed by atoms with Gasteiger partial charge in [-0.2, -0.15) is 5.26 Å². The molecule has 4 heteroatoms. The van der Waals surface area contributed by atoms with E-state index in [0.717, 1.165) is 36.1 Å². The predicted molar refractivity (Wildman–Crippen MR) is 120 cm³/mol. The molecule has 1 amide bonds. The molecular weight excluding hydrogens is 372 g/mol. The summed E-state index contributed by atoms with van der Waals surface area (Å²) in [5, 5.41) is 12.6. The van der Waals surface area contributed by atoms with E-state index in [1.807, 2.05) is 54.6 Å². The number of rotatable bonds is 11. The Kier molecular flexibility index (Phi) is 8.09. The molecule has 1 fully saturated rings. The fourth-order valence-corrected chi connectivity index (χ4v) is 3.48. The number of ether oxygens (including phenoxy) is 1. The zero-order valence-corrected chi connectivity index (χ0v) is 17.6. The Bertz CT molecular complexity index is 877. The third kappa shape index (κ3) is 6.49. The monoisotopic (exact) mass is 402 g/mol. The van der Waals surface area contributed by atoms with Crippen LogP contribution in [0.2, 0.25) is 0 Å². The van der Waals surface area contributed by atoms with E-state index in [2.05, 4.69) is 18.3 Å². The van der Waals surface area contributed by atoms with Crippen LogP contribution in [-0.2, 0) is 4.79 Å². The van der Waals surface area contributed by atoms with E-state index in [1.54, 1.807) is 6.08 Å². The summed E-state index contributed by atoms with van der Waals surface area (Å²) in [6.07, 6.45) is 8.52. The minimum atomic E-state index is -0.325. The number of nitrogens with one attached hydrogen (secondary N) is 1. The van der Waals surface area contributed by atoms with Gasteiger partial charge in [-0.3, -0.25) is 4.79 Å². The summed E-state index contributed by atoms with van der Waals surface area (Å²) in [6.45, 7) is 2.90. The van der Waals surface area contributed by atoms with Crippen molar-refractivity contribution in [1.82, 2.24) is 5.32 Å². The summed E-state index contributed by atoms with van der Waals surface area (Å²) in [5.74, 6) is 0.934. The molecule has 1 N–H and O–H groups in total. The lowest BCUT2D eigenvalue weighted by Crippen LogP contribution is -2.30. The summed E-state index contributed by atoms with van der Waals surface area (Å²) in [6, 6.07) is 19.5. The Hall–Kier alpha value is -3.06. The Morgan fingerprint density at radius 3 is 2.50 bits per heavy atom. The Labute approximate surface area is 179 Å². The molecule has 0 aliphatic heterocycles. The molecule has 156 valence electrons. The number of nitriles is 1. The number of benzene rings is 2. The highest BCUT2D eigenvalue weighted by atomic mass is 16.5. The van der Waals surface area contributed by atoms with Crippen LogP contribution in [0, 0.1) is 17.2 Å². The largest absolute Gasteiger partial charge is 0.494 e. The molecule has 1 saturated carbocycles. The summed E-state index contributed by atoms with van der Waals surface area (Å²) >= 11 is 0. The van der Waals surface area contributed by atoms with E-state index in [-0.39, 0.29) is 17.5 Å². The Balaban J connectivity index is 1.60. The molecule has 1 aliphatic carbocycles. The quantitative estimate of drug-likeness (QED) is 0.293. The number of unbranched alkanes of at least 4 members (excludes halogenated alkanes) is 3. The molecule has 1 atom stereocenters. The van der Waals surface area contributed by atoms with Gasteiger partial charge in [-0.05, 0) is 54.5 Å². The van der Waals surface area contributed by atoms with Gasteiger partial charge in [-0.1, -0.05) is 68.7 Å². The van der Waals surface area contributed by atoms with Crippen molar-refractivity contribution in [1.29, 1.82) is 5.26 Å². The van der Waals surface area contributed by atoms with Crippen molar-refractivity contribution in [3.05, 3.63) is 71.3 Å². The number of hydrogen-bond donors (Lipinski definition) is 1. The highest BCUT2D eigenvalue weighted by Gasteiger charge is 2.33. The summed E-state index contributed by atoms with van der Waals surface area (Å²) in [4.78, 5) is 12.8. The van der Waals surface area contributed by atoms with Gasteiger partial charge in [-0.15, -0.1) is 0 Å². The zero-order valence-electron chi connectivity index (χ0n) is 17.6. The first kappa shape index (κ1) is 21.6. The topological polar surface area (TPSA) is 62.1 Å². The number of carbonyl (C=O) groups excluding carboxylic acids is 1. The molecule has 0 bridgehead atoms. The third-order valence-corrected chi connectivity index (χ3v) is 5.36. The van der Waals surface area contributed by atoms with Crippen molar-refractivity contribution in [2.75, 3.05) is 6.61 Å². The van der Waals surface area contributed by atoms with E-state index in [9.17, 15) is 10.1 Å². The van der Waals surface area contributed by atoms with Crippen LogP contribution < -0.4 is 10.1 Å². The molecule has 0 aromatic heterocycles. The fourth-order valence-electron chi connectivity index (χ4n) is 3.48. The Morgan fingerprint density at radius 2 is 1.87 bits per heavy atom. The lowest BCUT2D eigenvalue weighted by Gasteiger charge is -2.18. The van der Waals surface area contributed by atoms with Gasteiger partial charge >= 0.3 is 0 Å². The van der Waals surface area contributed by atoms with Crippen molar-refractivity contribution in [2.45, 2.75) is 51.5 Å². The summed E-state index contributed by atoms with van der Waals surface area (Å²) < 4.78 is 5.76. The van der Waals surface area contributed by atoms with Gasteiger partial charge in [0.25, 0.3) is 5.91 Å². The van der Waals surface area contributed by atoms with Crippen LogP contribution in [0.5, 0.6) is 5.75 Å². The lowest BCUT2D eigenvalue weighted by molar-refractivity contribution is -0.117. The first-order valence-electron chi connectivity index (χ1n) is 10.9. The van der Waals surface area contributed by atoms with Crippen molar-refractivity contribution in [3.8, 4) is 11.8 Å². The SMILES string of the molecule is CCCCCCOc1ccc(/C=C(\C#N)C(=O)NC(c2ccccc2)C2CC2)cc1. The van der Waals surface area contributed by atoms with Gasteiger partial charge in [0.15, 0.2) is 0 Å². The normalized spacial score (nSPS) is 14.6. The molecule has 2 aromatic carbocycles. The van der Waals surface area contributed by atoms with Crippen molar-refractivity contribution in [3.63, 3.8) is 0 Å². The van der Waals surface area contributed by atoms with Gasteiger partial charge in [0.2, 0.25) is 0 Å². The smallest absolute Gasteiger partial charge is 0.262 e. The maximum Gasteiger partial charge on any atom is 0.262 e. The molecule has 3 rings (SSSR count). The molecule has 1 aliphatic rings. The Morgan fingerprint density at radius 1 is 1.13 bits per heavy atom. The summed E-state index contributed by atoms with van der Waals surface area (Å²) in [7, 11) is 0. The van der Waals surface area contributed by atoms with E-state index in [1.165, 1.54) is 19.3 Å². The second-order valence-electron chi connectivity index (χ2n) is 7.85. The highest BCUT2D eigenvalue weighted by molar-refractivity contribution is 6.01. The highest BCUT2D eigenvalue weighted by Crippen LogP contribution is 2.41. The number of amides is 1. The van der Waals surface area contributed by atoms with Crippen LogP contribution in [0.3, 0.4) is 0 Å². The van der Waals surface area contributed by atoms with Crippen molar-refractivity contribution < 1.29 is 9.53 Å². The minimum absolute atomic E-state index is 0.0427. The van der Waals surface area contributed by atoms with Crippen LogP contribution in [0.1, 0.15) is 62.6 Å². The van der Waals surface area contributed by atoms with Crippen molar-refractivity contribution in [2.24, 2.45) is 5.92 Å². The molecule has 1 unspecified atom stereocenters. The molecule has 0 saturated heterocycles. The van der Waals surface area contributed by atoms with E-state index in [0.29, 0.717) is 12.5 Å². The van der Waals surface area contributed by atoms with Crippen LogP contribution in [0.25, 0.3) is 6.08 Å². The molecule has 0 radical (unpaired) electrons. The van der Waals surface area contributed by atoms with Gasteiger partial charge < -0.3 is 10.1 Å². The predicted octanol–water partition coefficient (Wildman–Crippen LogP) is 5.82. The fraction of sp³-hybridized carbons (Fsp3) is 0.385. The van der Waals surface area contributed by atoms with E-state index in [4.69, 9.17) is 4.74 Å². The molecule has 30 heavy (non-hydrogen) atoms. The maximum absolute atomic E-state index is 12.8. The number of carbonyl (C=O) groups is 1. The third-order valence-electron chi connectivity index (χ3n) is 5.36. The molecule has 0 heterocycles. The number of hydrogen-bond acceptors (Lipinski definition) is 3. The average molecular weight is 403 g/mol. The second kappa shape index (κ2) is 11.2. The van der Waals surface area contributed by atoms with E-state index < -0.39 is 0 Å². The van der Waals surface area contributed by atoms with E-state index >= 15 is 0 Å². The maximum atomic E-state index is 12.8. The molecule has 0 spiro atoms. The standard InChI is InChI=1S/C26H30N2O2/c1-2-3-4-8-17-30-24-15-11-20(12-16-24)18-23(19-27)26(29)28-25(22-13-14-22)21-9-6-5-7-10-21/h5-7,9-12,15-16,18,22,25H,2-4,8,13-14,17H2,1H3,(H,28,29)/b23-18+. The summed E-state index contributed by atoms with van der Waals surface area (Å²) in [5.41, 5.74) is 2.01. The molecular formula is C26H30N2O2. The molecule has 2 aromatic rings. The van der Waals surface area contributed by atoms with Crippen LogP contribution in [-0.4, -0.2) is 12.5 Å². The minimum Gasteiger partial charge on any atom is -0.494 e. The first-order valence-corrected chi connectivity index (χ1v) is 10.9. The van der Waals surface area contributed by atoms with Gasteiger partial charge in [0.1, 0.15) is 17.4 Å². The van der Waals surface area contributed by atoms with Gasteiger partial charge in [0.05, 0.1) is 12.6 Å². The number of nitrogens with zero attached hydrogens (tertiary/aromatic N) is 1.